The van der Waals surface area contributed by atoms with Crippen molar-refractivity contribution in [2.45, 2.75) is 33.7 Å². The maximum Gasteiger partial charge on any atom is 0.239 e. The molecule has 0 heterocycles. The van der Waals surface area contributed by atoms with Gasteiger partial charge in [-0.1, -0.05) is 26.1 Å². The second-order valence-corrected chi connectivity index (χ2v) is 5.04. The van der Waals surface area contributed by atoms with Gasteiger partial charge in [-0.3, -0.25) is 9.59 Å². The van der Waals surface area contributed by atoms with Crippen molar-refractivity contribution in [1.29, 1.82) is 0 Å². The van der Waals surface area contributed by atoms with Crippen LogP contribution in [-0.4, -0.2) is 29.4 Å². The van der Waals surface area contributed by atoms with Gasteiger partial charge in [0.25, 0.3) is 0 Å². The molecule has 0 fully saturated rings. The minimum atomic E-state index is -0.531. The first kappa shape index (κ1) is 15.8. The zero-order valence-corrected chi connectivity index (χ0v) is 11.6. The summed E-state index contributed by atoms with van der Waals surface area (Å²) in [5.41, 5.74) is 5.50. The molecule has 5 nitrogen and oxygen atoms in total. The van der Waals surface area contributed by atoms with Crippen molar-refractivity contribution in [3.05, 3.63) is 0 Å². The highest BCUT2D eigenvalue weighted by Gasteiger charge is 2.25. The van der Waals surface area contributed by atoms with Crippen molar-refractivity contribution in [3.8, 4) is 0 Å². The van der Waals surface area contributed by atoms with Crippen molar-refractivity contribution >= 4 is 29.0 Å². The fourth-order valence-corrected chi connectivity index (χ4v) is 1.79. The maximum atomic E-state index is 11.8. The van der Waals surface area contributed by atoms with E-state index in [2.05, 4.69) is 10.6 Å². The molecule has 0 aromatic rings. The Balaban J connectivity index is 4.25. The summed E-state index contributed by atoms with van der Waals surface area (Å²) in [6, 6.07) is 0.0517. The Kier molecular flexibility index (Phi) is 6.72. The summed E-state index contributed by atoms with van der Waals surface area (Å²) in [4.78, 5) is 23.2. The molecule has 1 unspecified atom stereocenters. The number of hydrogen-bond acceptors (Lipinski definition) is 3. The molecule has 0 aliphatic heterocycles. The lowest BCUT2D eigenvalue weighted by molar-refractivity contribution is -0.128. The lowest BCUT2D eigenvalue weighted by Gasteiger charge is -2.18. The van der Waals surface area contributed by atoms with Gasteiger partial charge < -0.3 is 16.4 Å². The van der Waals surface area contributed by atoms with Crippen LogP contribution >= 0.6 is 12.2 Å². The quantitative estimate of drug-likeness (QED) is 0.594. The first-order chi connectivity index (χ1) is 7.75. The van der Waals surface area contributed by atoms with Crippen LogP contribution in [0.2, 0.25) is 0 Å². The fraction of sp³-hybridized carbons (Fsp3) is 0.727. The van der Waals surface area contributed by atoms with Crippen LogP contribution in [0, 0.1) is 11.8 Å². The number of carbonyl (C=O) groups excluding carboxylic acids is 2. The van der Waals surface area contributed by atoms with Crippen LogP contribution in [0.25, 0.3) is 0 Å². The Morgan fingerprint density at radius 1 is 1.24 bits per heavy atom. The third-order valence-corrected chi connectivity index (χ3v) is 2.38. The minimum absolute atomic E-state index is 0.0145. The van der Waals surface area contributed by atoms with E-state index in [0.717, 1.165) is 0 Å². The second kappa shape index (κ2) is 7.21. The molecule has 0 aliphatic rings. The topological polar surface area (TPSA) is 84.2 Å². The summed E-state index contributed by atoms with van der Waals surface area (Å²) >= 11 is 4.84. The molecule has 0 saturated heterocycles. The molecule has 0 aromatic carbocycles. The van der Waals surface area contributed by atoms with Crippen LogP contribution in [0.3, 0.4) is 0 Å². The lowest BCUT2D eigenvalue weighted by Crippen LogP contribution is -2.45. The molecular weight excluding hydrogens is 238 g/mol. The molecule has 0 aromatic heterocycles. The molecule has 1 atom stereocenters. The summed E-state index contributed by atoms with van der Waals surface area (Å²) < 4.78 is 0. The van der Waals surface area contributed by atoms with Gasteiger partial charge >= 0.3 is 0 Å². The van der Waals surface area contributed by atoms with Crippen LogP contribution in [0.4, 0.5) is 0 Å². The molecule has 17 heavy (non-hydrogen) atoms. The molecule has 4 N–H and O–H groups in total. The van der Waals surface area contributed by atoms with Crippen LogP contribution in [0.1, 0.15) is 27.7 Å². The largest absolute Gasteiger partial charge is 0.393 e. The summed E-state index contributed by atoms with van der Waals surface area (Å²) in [6.45, 7) is 7.37. The molecule has 0 rings (SSSR count). The number of nitrogens with one attached hydrogen (secondary N) is 2. The summed E-state index contributed by atoms with van der Waals surface area (Å²) in [6.07, 6.45) is 0. The van der Waals surface area contributed by atoms with Crippen molar-refractivity contribution in [3.63, 3.8) is 0 Å². The highest BCUT2D eigenvalue weighted by Crippen LogP contribution is 2.11. The highest BCUT2D eigenvalue weighted by molar-refractivity contribution is 7.80. The fourth-order valence-electron chi connectivity index (χ4n) is 1.41. The highest BCUT2D eigenvalue weighted by atomic mass is 32.1. The van der Waals surface area contributed by atoms with Crippen molar-refractivity contribution < 1.29 is 9.59 Å². The molecule has 2 amide bonds. The van der Waals surface area contributed by atoms with Gasteiger partial charge in [0.05, 0.1) is 17.5 Å². The summed E-state index contributed by atoms with van der Waals surface area (Å²) in [7, 11) is 0. The van der Waals surface area contributed by atoms with Crippen molar-refractivity contribution in [2.75, 3.05) is 6.54 Å². The number of hydrogen-bond donors (Lipinski definition) is 3. The zero-order valence-electron chi connectivity index (χ0n) is 10.7. The van der Waals surface area contributed by atoms with Gasteiger partial charge in [-0.15, -0.1) is 0 Å². The van der Waals surface area contributed by atoms with Gasteiger partial charge in [-0.25, -0.2) is 0 Å². The second-order valence-electron chi connectivity index (χ2n) is 4.56. The minimum Gasteiger partial charge on any atom is -0.393 e. The van der Waals surface area contributed by atoms with Gasteiger partial charge in [0.15, 0.2) is 0 Å². The van der Waals surface area contributed by atoms with E-state index in [4.69, 9.17) is 18.0 Å². The first-order valence-corrected chi connectivity index (χ1v) is 6.03. The molecule has 0 bridgehead atoms. The predicted octanol–water partition coefficient (Wildman–Crippen LogP) is 0.186. The van der Waals surface area contributed by atoms with Crippen LogP contribution in [0.5, 0.6) is 0 Å². The van der Waals surface area contributed by atoms with E-state index in [9.17, 15) is 9.59 Å². The Morgan fingerprint density at radius 2 is 1.76 bits per heavy atom. The van der Waals surface area contributed by atoms with Gasteiger partial charge in [-0.05, 0) is 19.8 Å². The first-order valence-electron chi connectivity index (χ1n) is 5.62. The van der Waals surface area contributed by atoms with E-state index in [1.54, 1.807) is 0 Å². The molecule has 6 heteroatoms. The van der Waals surface area contributed by atoms with E-state index < -0.39 is 5.92 Å². The number of amides is 2. The number of rotatable bonds is 6. The normalized spacial score (nSPS) is 12.4. The van der Waals surface area contributed by atoms with E-state index in [1.165, 1.54) is 0 Å². The van der Waals surface area contributed by atoms with Crippen LogP contribution in [0.15, 0.2) is 0 Å². The Morgan fingerprint density at radius 3 is 2.12 bits per heavy atom. The van der Waals surface area contributed by atoms with Gasteiger partial charge in [0.1, 0.15) is 0 Å². The summed E-state index contributed by atoms with van der Waals surface area (Å²) in [5.74, 6) is -1.04. The zero-order chi connectivity index (χ0) is 13.6. The lowest BCUT2D eigenvalue weighted by atomic mass is 9.95. The molecular formula is C11H21N3O2S. The average Bonchev–Trinajstić information content (AvgIpc) is 2.12. The molecule has 0 aliphatic carbocycles. The van der Waals surface area contributed by atoms with E-state index in [-0.39, 0.29) is 35.3 Å². The standard InChI is InChI=1S/C11H21N3O2S/c1-6(2)9(10(12)17)11(16)13-5-8(15)14-7(3)4/h6-7,9H,5H2,1-4H3,(H2,12,17)(H,13,16)(H,14,15). The smallest absolute Gasteiger partial charge is 0.239 e. The number of thiocarbonyl (C=S) groups is 1. The molecule has 0 radical (unpaired) electrons. The summed E-state index contributed by atoms with van der Waals surface area (Å²) in [5, 5.41) is 5.21. The maximum absolute atomic E-state index is 11.8. The third kappa shape index (κ3) is 6.21. The SMILES string of the molecule is CC(C)NC(=O)CNC(=O)C(C(N)=S)C(C)C. The van der Waals surface area contributed by atoms with Crippen LogP contribution < -0.4 is 16.4 Å². The third-order valence-electron chi connectivity index (χ3n) is 2.13. The predicted molar refractivity (Wildman–Crippen MR) is 71.4 cm³/mol. The number of nitrogens with two attached hydrogens (primary N) is 1. The Bertz CT molecular complexity index is 303. The van der Waals surface area contributed by atoms with Crippen molar-refractivity contribution in [1.82, 2.24) is 10.6 Å². The monoisotopic (exact) mass is 259 g/mol. The molecule has 98 valence electrons. The van der Waals surface area contributed by atoms with Crippen LogP contribution in [-0.2, 0) is 9.59 Å². The van der Waals surface area contributed by atoms with E-state index >= 15 is 0 Å². The van der Waals surface area contributed by atoms with Gasteiger partial charge in [0, 0.05) is 6.04 Å². The Hall–Kier alpha value is -1.17. The van der Waals surface area contributed by atoms with Gasteiger partial charge in [0.2, 0.25) is 11.8 Å². The Labute approximate surface area is 108 Å². The van der Waals surface area contributed by atoms with E-state index in [0.29, 0.717) is 0 Å². The van der Waals surface area contributed by atoms with Gasteiger partial charge in [-0.2, -0.15) is 0 Å². The van der Waals surface area contributed by atoms with E-state index in [1.807, 2.05) is 27.7 Å². The van der Waals surface area contributed by atoms with Crippen molar-refractivity contribution in [2.24, 2.45) is 17.6 Å². The number of carbonyl (C=O) groups is 2. The molecule has 0 saturated carbocycles. The molecule has 0 spiro atoms. The average molecular weight is 259 g/mol.